The number of nitrogens with zero attached hydrogens (tertiary/aromatic N) is 1. The second kappa shape index (κ2) is 6.63. The zero-order valence-corrected chi connectivity index (χ0v) is 15.5. The smallest absolute Gasteiger partial charge is 0.320 e. The molecule has 2 rings (SSSR count). The summed E-state index contributed by atoms with van der Waals surface area (Å²) in [5.74, 6) is 0.725. The molecule has 1 unspecified atom stereocenters. The lowest BCUT2D eigenvalue weighted by Gasteiger charge is -2.34. The van der Waals surface area contributed by atoms with E-state index in [0.29, 0.717) is 5.69 Å². The Morgan fingerprint density at radius 1 is 1.38 bits per heavy atom. The van der Waals surface area contributed by atoms with Gasteiger partial charge in [0.1, 0.15) is 16.7 Å². The number of nitrogens with two attached hydrogens (primary N) is 1. The summed E-state index contributed by atoms with van der Waals surface area (Å²) in [6.07, 6.45) is 1.93. The first-order valence-electron chi connectivity index (χ1n) is 8.23. The predicted molar refractivity (Wildman–Crippen MR) is 95.1 cm³/mol. The third-order valence-corrected chi connectivity index (χ3v) is 6.57. The molecule has 0 saturated heterocycles. The number of urea groups is 1. The van der Waals surface area contributed by atoms with Crippen molar-refractivity contribution in [2.24, 2.45) is 5.73 Å². The number of hydrogen-bond acceptors (Lipinski definition) is 4. The molecule has 0 saturated carbocycles. The van der Waals surface area contributed by atoms with E-state index in [4.69, 9.17) is 10.5 Å². The van der Waals surface area contributed by atoms with Gasteiger partial charge < -0.3 is 10.5 Å². The average Bonchev–Trinajstić information content (AvgIpc) is 2.50. The maximum Gasteiger partial charge on any atom is 0.320 e. The normalized spacial score (nSPS) is 17.5. The molecule has 0 aromatic heterocycles. The summed E-state index contributed by atoms with van der Waals surface area (Å²) < 4.78 is 30.6. The van der Waals surface area contributed by atoms with Crippen molar-refractivity contribution in [3.05, 3.63) is 23.8 Å². The Kier molecular flexibility index (Phi) is 5.13. The Morgan fingerprint density at radius 2 is 2.04 bits per heavy atom. The van der Waals surface area contributed by atoms with Crippen molar-refractivity contribution in [1.29, 1.82) is 0 Å². The van der Waals surface area contributed by atoms with Crippen LogP contribution in [0, 0.1) is 0 Å². The number of carbonyl (C=O) groups is 1. The van der Waals surface area contributed by atoms with E-state index in [1.165, 1.54) is 4.90 Å². The highest BCUT2D eigenvalue weighted by atomic mass is 32.2. The molecule has 0 radical (unpaired) electrons. The molecule has 0 spiro atoms. The number of anilines is 1. The number of amides is 2. The van der Waals surface area contributed by atoms with E-state index in [0.717, 1.165) is 24.2 Å². The van der Waals surface area contributed by atoms with E-state index in [2.05, 4.69) is 0 Å². The number of rotatable bonds is 5. The van der Waals surface area contributed by atoms with Crippen molar-refractivity contribution in [2.45, 2.75) is 57.9 Å². The van der Waals surface area contributed by atoms with Crippen molar-refractivity contribution < 1.29 is 17.9 Å². The van der Waals surface area contributed by atoms with Gasteiger partial charge in [-0.05, 0) is 56.9 Å². The van der Waals surface area contributed by atoms with Gasteiger partial charge in [0.25, 0.3) is 0 Å². The SMILES string of the molecule is CCC(N(C(N)=O)c1ccc2c(c1)CCC(C)(C)O2)S(=O)(=O)CC. The molecule has 1 aromatic rings. The summed E-state index contributed by atoms with van der Waals surface area (Å²) in [6, 6.07) is 4.52. The molecule has 1 aliphatic heterocycles. The van der Waals surface area contributed by atoms with Crippen molar-refractivity contribution in [3.8, 4) is 5.75 Å². The summed E-state index contributed by atoms with van der Waals surface area (Å²) in [5.41, 5.74) is 6.73. The summed E-state index contributed by atoms with van der Waals surface area (Å²) in [4.78, 5) is 13.2. The molecular weight excluding hydrogens is 328 g/mol. The molecule has 7 heteroatoms. The standard InChI is InChI=1S/C17H26N2O4S/c1-5-15(24(21,22)6-2)19(16(18)20)13-7-8-14-12(11-13)9-10-17(3,4)23-14/h7-8,11,15H,5-6,9-10H2,1-4H3,(H2,18,20). The van der Waals surface area contributed by atoms with Gasteiger partial charge in [-0.1, -0.05) is 13.8 Å². The van der Waals surface area contributed by atoms with E-state index < -0.39 is 21.2 Å². The molecule has 24 heavy (non-hydrogen) atoms. The van der Waals surface area contributed by atoms with Gasteiger partial charge >= 0.3 is 6.03 Å². The first-order valence-corrected chi connectivity index (χ1v) is 9.95. The Bertz CT molecular complexity index is 728. The zero-order valence-electron chi connectivity index (χ0n) is 14.7. The third kappa shape index (κ3) is 3.66. The number of sulfone groups is 1. The molecule has 1 aromatic carbocycles. The number of ether oxygens (including phenoxy) is 1. The van der Waals surface area contributed by atoms with Gasteiger partial charge in [0.2, 0.25) is 0 Å². The van der Waals surface area contributed by atoms with Crippen LogP contribution < -0.4 is 15.4 Å². The van der Waals surface area contributed by atoms with Crippen LogP contribution in [0.1, 0.15) is 46.1 Å². The minimum atomic E-state index is -3.45. The average molecular weight is 354 g/mol. The fraction of sp³-hybridized carbons (Fsp3) is 0.588. The predicted octanol–water partition coefficient (Wildman–Crippen LogP) is 2.85. The second-order valence-corrected chi connectivity index (χ2v) is 9.12. The van der Waals surface area contributed by atoms with Crippen LogP contribution in [0.5, 0.6) is 5.75 Å². The minimum absolute atomic E-state index is 0.0441. The molecule has 2 amide bonds. The van der Waals surface area contributed by atoms with Crippen molar-refractivity contribution in [1.82, 2.24) is 0 Å². The lowest BCUT2D eigenvalue weighted by atomic mass is 9.94. The van der Waals surface area contributed by atoms with Gasteiger partial charge in [-0.15, -0.1) is 0 Å². The highest BCUT2D eigenvalue weighted by Crippen LogP contribution is 2.36. The van der Waals surface area contributed by atoms with Crippen LogP contribution >= 0.6 is 0 Å². The number of primary amides is 1. The van der Waals surface area contributed by atoms with Crippen LogP contribution in [0.3, 0.4) is 0 Å². The van der Waals surface area contributed by atoms with Crippen molar-refractivity contribution >= 4 is 21.6 Å². The van der Waals surface area contributed by atoms with Gasteiger partial charge in [-0.25, -0.2) is 13.2 Å². The lowest BCUT2D eigenvalue weighted by Crippen LogP contribution is -2.48. The number of carbonyl (C=O) groups excluding carboxylic acids is 1. The van der Waals surface area contributed by atoms with E-state index in [1.54, 1.807) is 26.0 Å². The van der Waals surface area contributed by atoms with Gasteiger partial charge in [-0.2, -0.15) is 0 Å². The van der Waals surface area contributed by atoms with Crippen molar-refractivity contribution in [2.75, 3.05) is 10.7 Å². The Labute approximate surface area is 143 Å². The Balaban J connectivity index is 2.45. The molecule has 2 N–H and O–H groups in total. The second-order valence-electron chi connectivity index (χ2n) is 6.68. The van der Waals surface area contributed by atoms with E-state index in [9.17, 15) is 13.2 Å². The molecular formula is C17H26N2O4S. The third-order valence-electron chi connectivity index (χ3n) is 4.40. The summed E-state index contributed by atoms with van der Waals surface area (Å²) >= 11 is 0. The Morgan fingerprint density at radius 3 is 2.58 bits per heavy atom. The van der Waals surface area contributed by atoms with Crippen LogP contribution in [0.25, 0.3) is 0 Å². The van der Waals surface area contributed by atoms with E-state index in [1.807, 2.05) is 19.9 Å². The lowest BCUT2D eigenvalue weighted by molar-refractivity contribution is 0.0847. The van der Waals surface area contributed by atoms with E-state index in [-0.39, 0.29) is 17.8 Å². The van der Waals surface area contributed by atoms with Crippen LogP contribution in [-0.4, -0.2) is 31.2 Å². The van der Waals surface area contributed by atoms with Crippen LogP contribution in [0.4, 0.5) is 10.5 Å². The highest BCUT2D eigenvalue weighted by molar-refractivity contribution is 7.92. The maximum absolute atomic E-state index is 12.3. The molecule has 6 nitrogen and oxygen atoms in total. The number of benzene rings is 1. The number of aryl methyl sites for hydroxylation is 1. The van der Waals surface area contributed by atoms with E-state index >= 15 is 0 Å². The monoisotopic (exact) mass is 354 g/mol. The Hall–Kier alpha value is -1.76. The fourth-order valence-electron chi connectivity index (χ4n) is 3.02. The maximum atomic E-state index is 12.3. The molecule has 1 heterocycles. The summed E-state index contributed by atoms with van der Waals surface area (Å²) in [7, 11) is -3.45. The van der Waals surface area contributed by atoms with Crippen LogP contribution in [0.15, 0.2) is 18.2 Å². The minimum Gasteiger partial charge on any atom is -0.488 e. The number of fused-ring (bicyclic) bond motifs is 1. The van der Waals surface area contributed by atoms with Crippen LogP contribution in [0.2, 0.25) is 0 Å². The van der Waals surface area contributed by atoms with Crippen LogP contribution in [-0.2, 0) is 16.3 Å². The zero-order chi connectivity index (χ0) is 18.1. The number of hydrogen-bond donors (Lipinski definition) is 1. The topological polar surface area (TPSA) is 89.7 Å². The van der Waals surface area contributed by atoms with Gasteiger partial charge in [0, 0.05) is 11.4 Å². The van der Waals surface area contributed by atoms with Gasteiger partial charge in [0.15, 0.2) is 9.84 Å². The molecule has 0 aliphatic carbocycles. The quantitative estimate of drug-likeness (QED) is 0.880. The largest absolute Gasteiger partial charge is 0.488 e. The first kappa shape index (κ1) is 18.6. The fourth-order valence-corrected chi connectivity index (χ4v) is 4.46. The molecule has 1 aliphatic rings. The summed E-state index contributed by atoms with van der Waals surface area (Å²) in [5, 5.41) is -0.959. The molecule has 1 atom stereocenters. The first-order chi connectivity index (χ1) is 11.1. The van der Waals surface area contributed by atoms with Gasteiger partial charge in [0.05, 0.1) is 0 Å². The molecule has 0 fully saturated rings. The summed E-state index contributed by atoms with van der Waals surface area (Å²) in [6.45, 7) is 7.36. The van der Waals surface area contributed by atoms with Crippen molar-refractivity contribution in [3.63, 3.8) is 0 Å². The highest BCUT2D eigenvalue weighted by Gasteiger charge is 2.33. The molecule has 0 bridgehead atoms. The van der Waals surface area contributed by atoms with Gasteiger partial charge in [-0.3, -0.25) is 4.90 Å². The molecule has 134 valence electrons.